The van der Waals surface area contributed by atoms with Crippen molar-refractivity contribution < 1.29 is 14.0 Å². The number of imide groups is 1. The summed E-state index contributed by atoms with van der Waals surface area (Å²) in [5, 5.41) is 5.33. The number of hydrogen-bond acceptors (Lipinski definition) is 5. The molecule has 0 aromatic carbocycles. The van der Waals surface area contributed by atoms with Crippen LogP contribution in [0.5, 0.6) is 0 Å². The standard InChI is InChI=1S/C21H23N3O3/c25-19-17-14-5-6-15(21(14)8-9-21)18(17)20(26)24(19)22-12-13-4-7-16(27-13)23-10-2-1-3-11-23/h4-7,12,14-15,17-18H,1-3,8-11H2/b22-12-/t14-,15-,17-,18+/m0/s1. The second-order valence-corrected chi connectivity index (χ2v) is 8.68. The van der Waals surface area contributed by atoms with Crippen LogP contribution in [0.4, 0.5) is 5.88 Å². The van der Waals surface area contributed by atoms with E-state index < -0.39 is 0 Å². The molecular weight excluding hydrogens is 342 g/mol. The Bertz CT molecular complexity index is 841. The Morgan fingerprint density at radius 1 is 1.00 bits per heavy atom. The molecule has 6 nitrogen and oxygen atoms in total. The summed E-state index contributed by atoms with van der Waals surface area (Å²) in [5.41, 5.74) is 0.223. The van der Waals surface area contributed by atoms with Gasteiger partial charge < -0.3 is 9.32 Å². The first-order chi connectivity index (χ1) is 13.2. The zero-order chi connectivity index (χ0) is 18.2. The Morgan fingerprint density at radius 3 is 2.30 bits per heavy atom. The van der Waals surface area contributed by atoms with Crippen LogP contribution in [0.15, 0.2) is 33.8 Å². The summed E-state index contributed by atoms with van der Waals surface area (Å²) < 4.78 is 5.86. The average molecular weight is 365 g/mol. The van der Waals surface area contributed by atoms with Crippen molar-refractivity contribution in [1.82, 2.24) is 5.01 Å². The smallest absolute Gasteiger partial charge is 0.254 e. The van der Waals surface area contributed by atoms with Crippen LogP contribution >= 0.6 is 0 Å². The van der Waals surface area contributed by atoms with Gasteiger partial charge in [0.1, 0.15) is 5.76 Å². The van der Waals surface area contributed by atoms with Crippen molar-refractivity contribution in [2.24, 2.45) is 34.2 Å². The number of allylic oxidation sites excluding steroid dienone is 2. The number of hydrogen-bond donors (Lipinski definition) is 0. The third-order valence-electron chi connectivity index (χ3n) is 7.41. The fourth-order valence-electron chi connectivity index (χ4n) is 5.99. The number of anilines is 1. The molecule has 4 fully saturated rings. The second-order valence-electron chi connectivity index (χ2n) is 8.68. The lowest BCUT2D eigenvalue weighted by Gasteiger charge is -2.25. The quantitative estimate of drug-likeness (QED) is 0.469. The fourth-order valence-corrected chi connectivity index (χ4v) is 5.99. The van der Waals surface area contributed by atoms with E-state index in [1.165, 1.54) is 25.5 Å². The van der Waals surface area contributed by atoms with Gasteiger partial charge in [-0.1, -0.05) is 12.2 Å². The molecular formula is C21H23N3O3. The molecule has 6 heteroatoms. The van der Waals surface area contributed by atoms with Gasteiger partial charge in [-0.15, -0.1) is 0 Å². The Balaban J connectivity index is 1.21. The number of carbonyl (C=O) groups is 2. The van der Waals surface area contributed by atoms with Crippen LogP contribution in [0.3, 0.4) is 0 Å². The van der Waals surface area contributed by atoms with E-state index in [4.69, 9.17) is 4.42 Å². The molecule has 4 atom stereocenters. The Kier molecular flexibility index (Phi) is 3.09. The maximum Gasteiger partial charge on any atom is 0.254 e. The number of fused-ring (bicyclic) bond motifs is 3. The monoisotopic (exact) mass is 365 g/mol. The first-order valence-electron chi connectivity index (χ1n) is 10.1. The minimum atomic E-state index is -0.201. The zero-order valence-corrected chi connectivity index (χ0v) is 15.2. The Morgan fingerprint density at radius 2 is 1.67 bits per heavy atom. The van der Waals surface area contributed by atoms with Crippen LogP contribution in [0.1, 0.15) is 37.9 Å². The Labute approximate surface area is 157 Å². The molecule has 1 aromatic heterocycles. The van der Waals surface area contributed by atoms with Gasteiger partial charge in [-0.3, -0.25) is 9.59 Å². The first-order valence-corrected chi connectivity index (χ1v) is 10.1. The molecule has 2 aliphatic heterocycles. The molecule has 6 rings (SSSR count). The molecule has 140 valence electrons. The molecule has 0 N–H and O–H groups in total. The zero-order valence-electron chi connectivity index (χ0n) is 15.2. The number of piperidine rings is 1. The predicted octanol–water partition coefficient (Wildman–Crippen LogP) is 2.80. The average Bonchev–Trinajstić information content (AvgIpc) is 2.98. The van der Waals surface area contributed by atoms with Crippen LogP contribution in [-0.4, -0.2) is 36.1 Å². The number of nitrogens with zero attached hydrogens (tertiary/aromatic N) is 3. The lowest BCUT2D eigenvalue weighted by atomic mass is 9.85. The summed E-state index contributed by atoms with van der Waals surface area (Å²) in [6.07, 6.45) is 11.8. The molecule has 3 aliphatic carbocycles. The molecule has 2 bridgehead atoms. The largest absolute Gasteiger partial charge is 0.440 e. The second kappa shape index (κ2) is 5.33. The first kappa shape index (κ1) is 15.7. The normalized spacial score (nSPS) is 35.9. The number of furan rings is 1. The van der Waals surface area contributed by atoms with Gasteiger partial charge in [0.2, 0.25) is 0 Å². The highest BCUT2D eigenvalue weighted by atomic mass is 16.4. The van der Waals surface area contributed by atoms with Gasteiger partial charge in [0.15, 0.2) is 5.88 Å². The van der Waals surface area contributed by atoms with Crippen molar-refractivity contribution in [3.8, 4) is 0 Å². The van der Waals surface area contributed by atoms with E-state index in [1.807, 2.05) is 12.1 Å². The van der Waals surface area contributed by atoms with Gasteiger partial charge >= 0.3 is 0 Å². The van der Waals surface area contributed by atoms with Gasteiger partial charge in [-0.2, -0.15) is 10.1 Å². The summed E-state index contributed by atoms with van der Waals surface area (Å²) >= 11 is 0. The molecule has 2 saturated heterocycles. The third kappa shape index (κ3) is 2.04. The van der Waals surface area contributed by atoms with Gasteiger partial charge in [-0.05, 0) is 55.4 Å². The van der Waals surface area contributed by atoms with E-state index >= 15 is 0 Å². The van der Waals surface area contributed by atoms with Crippen LogP contribution in [0.2, 0.25) is 0 Å². The van der Waals surface area contributed by atoms with Gasteiger partial charge in [0.05, 0.1) is 18.1 Å². The molecule has 2 saturated carbocycles. The van der Waals surface area contributed by atoms with E-state index in [2.05, 4.69) is 22.2 Å². The topological polar surface area (TPSA) is 66.1 Å². The highest BCUT2D eigenvalue weighted by Crippen LogP contribution is 2.73. The molecule has 1 spiro atoms. The van der Waals surface area contributed by atoms with Gasteiger partial charge in [0.25, 0.3) is 11.8 Å². The van der Waals surface area contributed by atoms with Crippen molar-refractivity contribution >= 4 is 23.9 Å². The van der Waals surface area contributed by atoms with Gasteiger partial charge in [0, 0.05) is 19.2 Å². The fraction of sp³-hybridized carbons (Fsp3) is 0.571. The van der Waals surface area contributed by atoms with E-state index in [0.29, 0.717) is 5.76 Å². The van der Waals surface area contributed by atoms with Crippen LogP contribution < -0.4 is 4.90 Å². The van der Waals surface area contributed by atoms with E-state index in [-0.39, 0.29) is 40.9 Å². The number of amides is 2. The van der Waals surface area contributed by atoms with E-state index in [1.54, 1.807) is 0 Å². The number of hydrazone groups is 1. The molecule has 27 heavy (non-hydrogen) atoms. The molecule has 0 radical (unpaired) electrons. The van der Waals surface area contributed by atoms with E-state index in [9.17, 15) is 9.59 Å². The molecule has 2 amide bonds. The molecule has 0 unspecified atom stereocenters. The maximum absolute atomic E-state index is 12.9. The molecule has 5 aliphatic rings. The van der Waals surface area contributed by atoms with Crippen LogP contribution in [0, 0.1) is 29.1 Å². The van der Waals surface area contributed by atoms with E-state index in [0.717, 1.165) is 36.8 Å². The lowest BCUT2D eigenvalue weighted by molar-refractivity contribution is -0.141. The SMILES string of the molecule is O=C1[C@@H]2[C@H](C(=O)N1/N=C\c1ccc(N3CCCCC3)o1)[C@@H]1C=C[C@@H]2C12CC2. The van der Waals surface area contributed by atoms with Crippen molar-refractivity contribution in [1.29, 1.82) is 0 Å². The third-order valence-corrected chi connectivity index (χ3v) is 7.41. The summed E-state index contributed by atoms with van der Waals surface area (Å²) in [5.74, 6) is 1.22. The van der Waals surface area contributed by atoms with Crippen LogP contribution in [0.25, 0.3) is 0 Å². The van der Waals surface area contributed by atoms with Crippen molar-refractivity contribution in [3.05, 3.63) is 30.0 Å². The highest BCUT2D eigenvalue weighted by molar-refractivity contribution is 6.07. The van der Waals surface area contributed by atoms with Crippen molar-refractivity contribution in [2.45, 2.75) is 32.1 Å². The maximum atomic E-state index is 12.9. The summed E-state index contributed by atoms with van der Waals surface area (Å²) in [6, 6.07) is 3.79. The van der Waals surface area contributed by atoms with Crippen molar-refractivity contribution in [2.75, 3.05) is 18.0 Å². The molecule has 3 heterocycles. The highest BCUT2D eigenvalue weighted by Gasteiger charge is 2.73. The van der Waals surface area contributed by atoms with Crippen molar-refractivity contribution in [3.63, 3.8) is 0 Å². The van der Waals surface area contributed by atoms with Gasteiger partial charge in [-0.25, -0.2) is 0 Å². The number of rotatable bonds is 3. The summed E-state index contributed by atoms with van der Waals surface area (Å²) in [7, 11) is 0. The minimum Gasteiger partial charge on any atom is -0.440 e. The Hall–Kier alpha value is -2.37. The summed E-state index contributed by atoms with van der Waals surface area (Å²) in [6.45, 7) is 2.02. The number of carbonyl (C=O) groups excluding carboxylic acids is 2. The van der Waals surface area contributed by atoms with Crippen LogP contribution in [-0.2, 0) is 9.59 Å². The minimum absolute atomic E-state index is 0.132. The summed E-state index contributed by atoms with van der Waals surface area (Å²) in [4.78, 5) is 28.0. The molecule has 1 aromatic rings. The predicted molar refractivity (Wildman–Crippen MR) is 99.0 cm³/mol. The lowest BCUT2D eigenvalue weighted by Crippen LogP contribution is -2.30.